The molecule has 0 bridgehead atoms. The van der Waals surface area contributed by atoms with Crippen LogP contribution in [0.4, 0.5) is 0 Å². The van der Waals surface area contributed by atoms with E-state index in [1.807, 2.05) is 26.0 Å². The van der Waals surface area contributed by atoms with Crippen molar-refractivity contribution in [2.75, 3.05) is 0 Å². The zero-order valence-corrected chi connectivity index (χ0v) is 14.8. The lowest BCUT2D eigenvalue weighted by atomic mass is 10.2. The first kappa shape index (κ1) is 17.6. The molecule has 0 spiro atoms. The summed E-state index contributed by atoms with van der Waals surface area (Å²) in [6, 6.07) is 5.65. The highest BCUT2D eigenvalue weighted by Crippen LogP contribution is 2.23. The van der Waals surface area contributed by atoms with E-state index in [4.69, 9.17) is 0 Å². The maximum atomic E-state index is 12.2. The van der Waals surface area contributed by atoms with Gasteiger partial charge < -0.3 is 5.32 Å². The van der Waals surface area contributed by atoms with Gasteiger partial charge in [0, 0.05) is 23.1 Å². The van der Waals surface area contributed by atoms with Gasteiger partial charge in [-0.1, -0.05) is 26.8 Å². The molecular formula is C14H23BrN2O2S. The van der Waals surface area contributed by atoms with E-state index < -0.39 is 10.0 Å². The quantitative estimate of drug-likeness (QED) is 0.783. The van der Waals surface area contributed by atoms with E-state index in [-0.39, 0.29) is 10.9 Å². The third kappa shape index (κ3) is 5.16. The van der Waals surface area contributed by atoms with Gasteiger partial charge in [0.25, 0.3) is 0 Å². The van der Waals surface area contributed by atoms with Crippen LogP contribution in [0, 0.1) is 0 Å². The van der Waals surface area contributed by atoms with Gasteiger partial charge in [0.05, 0.1) is 4.90 Å². The molecule has 1 atom stereocenters. The third-order valence-electron chi connectivity index (χ3n) is 2.97. The largest absolute Gasteiger partial charge is 0.310 e. The van der Waals surface area contributed by atoms with Gasteiger partial charge in [-0.05, 0) is 47.0 Å². The molecule has 1 aromatic carbocycles. The van der Waals surface area contributed by atoms with E-state index in [0.29, 0.717) is 10.5 Å². The molecule has 20 heavy (non-hydrogen) atoms. The Bertz CT molecular complexity index is 544. The summed E-state index contributed by atoms with van der Waals surface area (Å²) in [7, 11) is -3.47. The van der Waals surface area contributed by atoms with Crippen LogP contribution in [0.2, 0.25) is 0 Å². The zero-order chi connectivity index (χ0) is 15.3. The molecule has 0 aliphatic carbocycles. The molecule has 1 rings (SSSR count). The maximum absolute atomic E-state index is 12.2. The summed E-state index contributed by atoms with van der Waals surface area (Å²) >= 11 is 3.35. The van der Waals surface area contributed by atoms with Crippen molar-refractivity contribution < 1.29 is 8.42 Å². The van der Waals surface area contributed by atoms with E-state index in [2.05, 4.69) is 39.8 Å². The number of nitrogens with one attached hydrogen (secondary N) is 2. The third-order valence-corrected chi connectivity index (χ3v) is 5.54. The highest BCUT2D eigenvalue weighted by molar-refractivity contribution is 9.10. The summed E-state index contributed by atoms with van der Waals surface area (Å²) in [5.74, 6) is 0. The molecular weight excluding hydrogens is 340 g/mol. The number of hydrogen-bond acceptors (Lipinski definition) is 3. The Kier molecular flexibility index (Phi) is 6.64. The lowest BCUT2D eigenvalue weighted by Crippen LogP contribution is -2.32. The van der Waals surface area contributed by atoms with Gasteiger partial charge in [0.1, 0.15) is 0 Å². The molecule has 114 valence electrons. The van der Waals surface area contributed by atoms with Gasteiger partial charge in [-0.15, -0.1) is 0 Å². The lowest BCUT2D eigenvalue weighted by Gasteiger charge is -2.14. The number of rotatable bonds is 7. The van der Waals surface area contributed by atoms with E-state index in [0.717, 1.165) is 18.5 Å². The van der Waals surface area contributed by atoms with Crippen molar-refractivity contribution in [2.24, 2.45) is 0 Å². The summed E-state index contributed by atoms with van der Waals surface area (Å²) in [5.41, 5.74) is 1.05. The zero-order valence-electron chi connectivity index (χ0n) is 12.4. The van der Waals surface area contributed by atoms with E-state index >= 15 is 0 Å². The molecule has 0 heterocycles. The fourth-order valence-corrected chi connectivity index (χ4v) is 4.06. The van der Waals surface area contributed by atoms with Crippen molar-refractivity contribution >= 4 is 26.0 Å². The van der Waals surface area contributed by atoms with Gasteiger partial charge >= 0.3 is 0 Å². The van der Waals surface area contributed by atoms with Gasteiger partial charge in [0.2, 0.25) is 10.0 Å². The Morgan fingerprint density at radius 3 is 2.40 bits per heavy atom. The van der Waals surface area contributed by atoms with Crippen molar-refractivity contribution in [1.29, 1.82) is 0 Å². The fraction of sp³-hybridized carbons (Fsp3) is 0.571. The minimum atomic E-state index is -3.47. The summed E-state index contributed by atoms with van der Waals surface area (Å²) in [6.07, 6.45) is 0.757. The van der Waals surface area contributed by atoms with Crippen LogP contribution in [-0.4, -0.2) is 20.5 Å². The molecule has 0 aliphatic heterocycles. The summed E-state index contributed by atoms with van der Waals surface area (Å²) < 4.78 is 27.7. The van der Waals surface area contributed by atoms with Crippen LogP contribution in [0.3, 0.4) is 0 Å². The second-order valence-electron chi connectivity index (χ2n) is 5.23. The Morgan fingerprint density at radius 1 is 1.25 bits per heavy atom. The second-order valence-corrected chi connectivity index (χ2v) is 7.77. The van der Waals surface area contributed by atoms with Crippen LogP contribution in [0.1, 0.15) is 39.7 Å². The molecule has 4 nitrogen and oxygen atoms in total. The van der Waals surface area contributed by atoms with Crippen LogP contribution in [0.15, 0.2) is 27.6 Å². The Balaban J connectivity index is 2.92. The average Bonchev–Trinajstić information content (AvgIpc) is 2.35. The van der Waals surface area contributed by atoms with Crippen molar-refractivity contribution in [3.05, 3.63) is 28.2 Å². The fourth-order valence-electron chi connectivity index (χ4n) is 1.61. The van der Waals surface area contributed by atoms with Gasteiger partial charge in [-0.2, -0.15) is 0 Å². The van der Waals surface area contributed by atoms with Crippen molar-refractivity contribution in [1.82, 2.24) is 10.0 Å². The molecule has 0 aliphatic rings. The standard InChI is InChI=1S/C14H23BrN2O2S/c1-5-11(4)17-20(18,19)14-7-6-12(8-13(14)15)9-16-10(2)3/h6-8,10-11,16-17H,5,9H2,1-4H3. The second kappa shape index (κ2) is 7.54. The molecule has 0 fully saturated rings. The molecule has 2 N–H and O–H groups in total. The maximum Gasteiger partial charge on any atom is 0.241 e. The van der Waals surface area contributed by atoms with E-state index in [9.17, 15) is 8.42 Å². The molecule has 1 aromatic rings. The Labute approximate surface area is 130 Å². The van der Waals surface area contributed by atoms with Gasteiger partial charge in [-0.25, -0.2) is 13.1 Å². The van der Waals surface area contributed by atoms with Crippen LogP contribution < -0.4 is 10.0 Å². The molecule has 0 radical (unpaired) electrons. The van der Waals surface area contributed by atoms with Gasteiger partial charge in [-0.3, -0.25) is 0 Å². The summed E-state index contributed by atoms with van der Waals surface area (Å²) in [6.45, 7) is 8.67. The molecule has 0 saturated carbocycles. The highest BCUT2D eigenvalue weighted by Gasteiger charge is 2.19. The lowest BCUT2D eigenvalue weighted by molar-refractivity contribution is 0.555. The van der Waals surface area contributed by atoms with Crippen LogP contribution >= 0.6 is 15.9 Å². The minimum absolute atomic E-state index is 0.0748. The topological polar surface area (TPSA) is 58.2 Å². The van der Waals surface area contributed by atoms with Crippen LogP contribution in [-0.2, 0) is 16.6 Å². The first-order chi connectivity index (χ1) is 9.26. The molecule has 0 amide bonds. The molecule has 0 aromatic heterocycles. The Morgan fingerprint density at radius 2 is 1.90 bits per heavy atom. The number of halogens is 1. The first-order valence-corrected chi connectivity index (χ1v) is 9.08. The predicted molar refractivity (Wildman–Crippen MR) is 86.2 cm³/mol. The van der Waals surface area contributed by atoms with E-state index in [1.54, 1.807) is 6.07 Å². The predicted octanol–water partition coefficient (Wildman–Crippen LogP) is 3.02. The molecule has 1 unspecified atom stereocenters. The molecule has 6 heteroatoms. The smallest absolute Gasteiger partial charge is 0.241 e. The monoisotopic (exact) mass is 362 g/mol. The number of benzene rings is 1. The first-order valence-electron chi connectivity index (χ1n) is 6.80. The minimum Gasteiger partial charge on any atom is -0.310 e. The van der Waals surface area contributed by atoms with Crippen molar-refractivity contribution in [3.8, 4) is 0 Å². The van der Waals surface area contributed by atoms with Crippen LogP contribution in [0.25, 0.3) is 0 Å². The van der Waals surface area contributed by atoms with Crippen LogP contribution in [0.5, 0.6) is 0 Å². The van der Waals surface area contributed by atoms with Crippen molar-refractivity contribution in [2.45, 2.75) is 57.6 Å². The average molecular weight is 363 g/mol. The number of hydrogen-bond donors (Lipinski definition) is 2. The SMILES string of the molecule is CCC(C)NS(=O)(=O)c1ccc(CNC(C)C)cc1Br. The normalized spacial score (nSPS) is 13.7. The van der Waals surface area contributed by atoms with Crippen molar-refractivity contribution in [3.63, 3.8) is 0 Å². The number of sulfonamides is 1. The molecule has 0 saturated heterocycles. The van der Waals surface area contributed by atoms with Gasteiger partial charge in [0.15, 0.2) is 0 Å². The summed E-state index contributed by atoms with van der Waals surface area (Å²) in [5, 5.41) is 3.30. The Hall–Kier alpha value is -0.430. The summed E-state index contributed by atoms with van der Waals surface area (Å²) in [4.78, 5) is 0.283. The highest BCUT2D eigenvalue weighted by atomic mass is 79.9. The van der Waals surface area contributed by atoms with E-state index in [1.165, 1.54) is 0 Å².